The summed E-state index contributed by atoms with van der Waals surface area (Å²) in [7, 11) is 0. The van der Waals surface area contributed by atoms with Gasteiger partial charge in [-0.05, 0) is 70.0 Å². The van der Waals surface area contributed by atoms with E-state index in [1.54, 1.807) is 51.2 Å². The molecule has 3 rings (SSSR count). The lowest BCUT2D eigenvalue weighted by molar-refractivity contribution is 0.0635. The zero-order valence-electron chi connectivity index (χ0n) is 19.4. The number of hydrogen-bond donors (Lipinski definition) is 2. The van der Waals surface area contributed by atoms with Gasteiger partial charge in [0, 0.05) is 11.4 Å². The molecule has 2 aromatic carbocycles. The lowest BCUT2D eigenvalue weighted by Crippen LogP contribution is -2.27. The summed E-state index contributed by atoms with van der Waals surface area (Å²) >= 11 is 0. The number of rotatable bonds is 5. The summed E-state index contributed by atoms with van der Waals surface area (Å²) in [6.07, 6.45) is 1.07. The molecule has 2 N–H and O–H groups in total. The molecule has 7 heteroatoms. The minimum Gasteiger partial charge on any atom is -0.444 e. The van der Waals surface area contributed by atoms with Crippen molar-refractivity contribution in [3.05, 3.63) is 71.5 Å². The monoisotopic (exact) mass is 434 g/mol. The first-order valence-electron chi connectivity index (χ1n) is 10.6. The Labute approximate surface area is 188 Å². The number of ether oxygens (including phenoxy) is 1. The van der Waals surface area contributed by atoms with E-state index in [9.17, 15) is 9.59 Å². The van der Waals surface area contributed by atoms with Gasteiger partial charge in [0.2, 0.25) is 0 Å². The number of hydrogen-bond acceptors (Lipinski definition) is 4. The van der Waals surface area contributed by atoms with Crippen molar-refractivity contribution in [2.24, 2.45) is 0 Å². The van der Waals surface area contributed by atoms with Gasteiger partial charge < -0.3 is 10.1 Å². The largest absolute Gasteiger partial charge is 0.444 e. The van der Waals surface area contributed by atoms with Crippen molar-refractivity contribution in [1.29, 1.82) is 0 Å². The lowest BCUT2D eigenvalue weighted by Gasteiger charge is -2.19. The van der Waals surface area contributed by atoms with Gasteiger partial charge in [-0.25, -0.2) is 9.48 Å². The molecule has 0 aliphatic rings. The molecule has 0 radical (unpaired) electrons. The average Bonchev–Trinajstić information content (AvgIpc) is 3.14. The Balaban J connectivity index is 1.74. The van der Waals surface area contributed by atoms with Crippen LogP contribution in [0.2, 0.25) is 0 Å². The van der Waals surface area contributed by atoms with Gasteiger partial charge >= 0.3 is 6.09 Å². The average molecular weight is 435 g/mol. The van der Waals surface area contributed by atoms with Crippen molar-refractivity contribution in [3.8, 4) is 5.69 Å². The molecule has 32 heavy (non-hydrogen) atoms. The number of nitrogens with zero attached hydrogens (tertiary/aromatic N) is 2. The summed E-state index contributed by atoms with van der Waals surface area (Å²) in [5.74, 6) is -0.139. The Morgan fingerprint density at radius 3 is 2.03 bits per heavy atom. The Hall–Kier alpha value is -3.61. The van der Waals surface area contributed by atoms with Crippen LogP contribution in [0.5, 0.6) is 0 Å². The van der Waals surface area contributed by atoms with Crippen LogP contribution in [0.1, 0.15) is 62.2 Å². The molecule has 3 aromatic rings. The molecular weight excluding hydrogens is 404 g/mol. The van der Waals surface area contributed by atoms with Crippen molar-refractivity contribution < 1.29 is 14.3 Å². The fourth-order valence-electron chi connectivity index (χ4n) is 3.24. The van der Waals surface area contributed by atoms with Gasteiger partial charge in [0.05, 0.1) is 23.1 Å². The van der Waals surface area contributed by atoms with E-state index in [-0.39, 0.29) is 11.8 Å². The van der Waals surface area contributed by atoms with E-state index in [0.717, 1.165) is 16.9 Å². The lowest BCUT2D eigenvalue weighted by atomic mass is 10.0. The van der Waals surface area contributed by atoms with Crippen LogP contribution in [0.15, 0.2) is 54.7 Å². The summed E-state index contributed by atoms with van der Waals surface area (Å²) in [5.41, 5.74) is 4.06. The Kier molecular flexibility index (Phi) is 6.67. The minimum atomic E-state index is -0.574. The second-order valence-corrected chi connectivity index (χ2v) is 9.00. The van der Waals surface area contributed by atoms with Crippen LogP contribution in [-0.4, -0.2) is 27.4 Å². The molecule has 7 nitrogen and oxygen atoms in total. The zero-order valence-corrected chi connectivity index (χ0v) is 19.4. The predicted octanol–water partition coefficient (Wildman–Crippen LogP) is 5.90. The standard InChI is InChI=1S/C25H30N4O3/c1-16(2)22-21(15-26-29(22)20-13-7-17(3)8-14-20)23(30)27-18-9-11-19(12-10-18)28-24(31)32-25(4,5)6/h7-16H,1-6H3,(H,27,30)(H,28,31). The first-order valence-corrected chi connectivity index (χ1v) is 10.6. The van der Waals surface area contributed by atoms with E-state index in [4.69, 9.17) is 4.74 Å². The highest BCUT2D eigenvalue weighted by Gasteiger charge is 2.21. The minimum absolute atomic E-state index is 0.0972. The van der Waals surface area contributed by atoms with Crippen molar-refractivity contribution in [3.63, 3.8) is 0 Å². The van der Waals surface area contributed by atoms with Gasteiger partial charge in [0.1, 0.15) is 5.60 Å². The number of carbonyl (C=O) groups excluding carboxylic acids is 2. The normalized spacial score (nSPS) is 11.3. The van der Waals surface area contributed by atoms with E-state index < -0.39 is 11.7 Å². The number of anilines is 2. The van der Waals surface area contributed by atoms with Crippen molar-refractivity contribution in [2.45, 2.75) is 53.1 Å². The molecule has 2 amide bonds. The van der Waals surface area contributed by atoms with Crippen molar-refractivity contribution >= 4 is 23.4 Å². The smallest absolute Gasteiger partial charge is 0.412 e. The molecule has 168 valence electrons. The molecule has 0 fully saturated rings. The Morgan fingerprint density at radius 2 is 1.50 bits per heavy atom. The van der Waals surface area contributed by atoms with E-state index in [0.29, 0.717) is 16.9 Å². The maximum Gasteiger partial charge on any atom is 0.412 e. The number of benzene rings is 2. The predicted molar refractivity (Wildman–Crippen MR) is 127 cm³/mol. The van der Waals surface area contributed by atoms with Gasteiger partial charge in [0.25, 0.3) is 5.91 Å². The van der Waals surface area contributed by atoms with Gasteiger partial charge in [-0.1, -0.05) is 31.5 Å². The Bertz CT molecular complexity index is 1090. The SMILES string of the molecule is Cc1ccc(-n2ncc(C(=O)Nc3ccc(NC(=O)OC(C)(C)C)cc3)c2C(C)C)cc1. The van der Waals surface area contributed by atoms with E-state index >= 15 is 0 Å². The molecule has 0 aliphatic carbocycles. The molecular formula is C25H30N4O3. The fourth-order valence-corrected chi connectivity index (χ4v) is 3.24. The van der Waals surface area contributed by atoms with Crippen molar-refractivity contribution in [2.75, 3.05) is 10.6 Å². The van der Waals surface area contributed by atoms with E-state index in [2.05, 4.69) is 15.7 Å². The van der Waals surface area contributed by atoms with Crippen LogP contribution in [0.3, 0.4) is 0 Å². The highest BCUT2D eigenvalue weighted by atomic mass is 16.6. The number of aryl methyl sites for hydroxylation is 1. The highest BCUT2D eigenvalue weighted by molar-refractivity contribution is 6.05. The number of carbonyl (C=O) groups is 2. The highest BCUT2D eigenvalue weighted by Crippen LogP contribution is 2.24. The Morgan fingerprint density at radius 1 is 0.938 bits per heavy atom. The zero-order chi connectivity index (χ0) is 23.5. The van der Waals surface area contributed by atoms with Crippen LogP contribution in [-0.2, 0) is 4.74 Å². The fraction of sp³-hybridized carbons (Fsp3) is 0.320. The molecule has 0 saturated carbocycles. The summed E-state index contributed by atoms with van der Waals surface area (Å²) < 4.78 is 7.06. The third-order valence-corrected chi connectivity index (χ3v) is 4.66. The van der Waals surface area contributed by atoms with Gasteiger partial charge in [-0.3, -0.25) is 10.1 Å². The molecule has 0 aliphatic heterocycles. The van der Waals surface area contributed by atoms with Gasteiger partial charge in [-0.15, -0.1) is 0 Å². The van der Waals surface area contributed by atoms with E-state index in [1.165, 1.54) is 0 Å². The number of aromatic nitrogens is 2. The first kappa shape index (κ1) is 23.1. The summed E-state index contributed by atoms with van der Waals surface area (Å²) in [6.45, 7) is 11.5. The molecule has 1 aromatic heterocycles. The topological polar surface area (TPSA) is 85.3 Å². The van der Waals surface area contributed by atoms with E-state index in [1.807, 2.05) is 49.7 Å². The third-order valence-electron chi connectivity index (χ3n) is 4.66. The molecule has 0 spiro atoms. The van der Waals surface area contributed by atoms with Crippen LogP contribution in [0, 0.1) is 6.92 Å². The number of nitrogens with one attached hydrogen (secondary N) is 2. The second-order valence-electron chi connectivity index (χ2n) is 9.00. The van der Waals surface area contributed by atoms with Crippen LogP contribution < -0.4 is 10.6 Å². The number of amides is 2. The molecule has 1 heterocycles. The second kappa shape index (κ2) is 9.26. The first-order chi connectivity index (χ1) is 15.0. The van der Waals surface area contributed by atoms with Gasteiger partial charge in [0.15, 0.2) is 0 Å². The molecule has 0 unspecified atom stereocenters. The van der Waals surface area contributed by atoms with Crippen LogP contribution in [0.4, 0.5) is 16.2 Å². The third kappa shape index (κ3) is 5.75. The maximum atomic E-state index is 13.0. The maximum absolute atomic E-state index is 13.0. The summed E-state index contributed by atoms with van der Waals surface area (Å²) in [5, 5.41) is 10.1. The van der Waals surface area contributed by atoms with Crippen LogP contribution in [0.25, 0.3) is 5.69 Å². The summed E-state index contributed by atoms with van der Waals surface area (Å²) in [4.78, 5) is 24.9. The molecule has 0 atom stereocenters. The van der Waals surface area contributed by atoms with Crippen LogP contribution >= 0.6 is 0 Å². The van der Waals surface area contributed by atoms with Crippen molar-refractivity contribution in [1.82, 2.24) is 9.78 Å². The molecule has 0 saturated heterocycles. The van der Waals surface area contributed by atoms with Gasteiger partial charge in [-0.2, -0.15) is 5.10 Å². The quantitative estimate of drug-likeness (QED) is 0.523. The molecule has 0 bridgehead atoms. The summed E-state index contributed by atoms with van der Waals surface area (Å²) in [6, 6.07) is 14.9.